The molecule has 0 bridgehead atoms. The van der Waals surface area contributed by atoms with Crippen LogP contribution in [0.4, 0.5) is 4.79 Å². The van der Waals surface area contributed by atoms with Crippen LogP contribution in [0.15, 0.2) is 0 Å². The van der Waals surface area contributed by atoms with Gasteiger partial charge in [0.15, 0.2) is 0 Å². The quantitative estimate of drug-likeness (QED) is 0.690. The first kappa shape index (κ1) is 19.5. The Kier molecular flexibility index (Phi) is 7.78. The van der Waals surface area contributed by atoms with Gasteiger partial charge in [0.1, 0.15) is 0 Å². The molecule has 140 valence electrons. The molecule has 0 atom stereocenters. The van der Waals surface area contributed by atoms with Gasteiger partial charge >= 0.3 is 6.03 Å². The predicted molar refractivity (Wildman–Crippen MR) is 97.3 cm³/mol. The summed E-state index contributed by atoms with van der Waals surface area (Å²) in [6.07, 6.45) is 3.64. The lowest BCUT2D eigenvalue weighted by Crippen LogP contribution is -2.56. The lowest BCUT2D eigenvalue weighted by atomic mass is 9.99. The van der Waals surface area contributed by atoms with E-state index in [4.69, 9.17) is 4.74 Å². The van der Waals surface area contributed by atoms with Crippen LogP contribution in [0.1, 0.15) is 40.0 Å². The summed E-state index contributed by atoms with van der Waals surface area (Å²) >= 11 is 0. The Morgan fingerprint density at radius 2 is 1.79 bits per heavy atom. The van der Waals surface area contributed by atoms with Gasteiger partial charge in [-0.1, -0.05) is 6.92 Å². The first-order chi connectivity index (χ1) is 11.5. The number of hydrogen-bond acceptors (Lipinski definition) is 4. The molecule has 0 aromatic heterocycles. The van der Waals surface area contributed by atoms with E-state index in [1.54, 1.807) is 0 Å². The monoisotopic (exact) mass is 340 g/mol. The molecule has 2 rings (SSSR count). The summed E-state index contributed by atoms with van der Waals surface area (Å²) in [5.74, 6) is 0.875. The summed E-state index contributed by atoms with van der Waals surface area (Å²) in [7, 11) is 0. The second kappa shape index (κ2) is 9.59. The molecule has 6 nitrogen and oxygen atoms in total. The molecule has 0 aromatic carbocycles. The average molecular weight is 341 g/mol. The fourth-order valence-electron chi connectivity index (χ4n) is 3.43. The van der Waals surface area contributed by atoms with Crippen molar-refractivity contribution in [2.24, 2.45) is 5.92 Å². The number of hydrogen-bond donors (Lipinski definition) is 2. The second-order valence-corrected chi connectivity index (χ2v) is 7.90. The van der Waals surface area contributed by atoms with Crippen molar-refractivity contribution in [2.45, 2.75) is 45.6 Å². The maximum absolute atomic E-state index is 12.0. The summed E-state index contributed by atoms with van der Waals surface area (Å²) in [5.41, 5.74) is -0.0361. The number of nitrogens with one attached hydrogen (secondary N) is 2. The summed E-state index contributed by atoms with van der Waals surface area (Å²) in [6.45, 7) is 15.0. The summed E-state index contributed by atoms with van der Waals surface area (Å²) < 4.78 is 5.40. The number of ether oxygens (including phenoxy) is 1. The van der Waals surface area contributed by atoms with Gasteiger partial charge in [0, 0.05) is 31.7 Å². The van der Waals surface area contributed by atoms with Crippen LogP contribution in [-0.2, 0) is 4.74 Å². The van der Waals surface area contributed by atoms with E-state index in [9.17, 15) is 4.79 Å². The number of amides is 2. The van der Waals surface area contributed by atoms with Crippen molar-refractivity contribution in [3.63, 3.8) is 0 Å². The van der Waals surface area contributed by atoms with Crippen LogP contribution in [0.5, 0.6) is 0 Å². The number of morpholine rings is 1. The van der Waals surface area contributed by atoms with Crippen LogP contribution in [0.25, 0.3) is 0 Å². The molecular weight excluding hydrogens is 304 g/mol. The van der Waals surface area contributed by atoms with Crippen LogP contribution in [0.3, 0.4) is 0 Å². The molecule has 2 fully saturated rings. The number of nitrogens with zero attached hydrogens (tertiary/aromatic N) is 2. The third-order valence-electron chi connectivity index (χ3n) is 5.36. The van der Waals surface area contributed by atoms with Crippen LogP contribution in [0, 0.1) is 5.92 Å². The number of rotatable bonds is 7. The molecule has 0 radical (unpaired) electrons. The van der Waals surface area contributed by atoms with Crippen molar-refractivity contribution < 1.29 is 9.53 Å². The van der Waals surface area contributed by atoms with E-state index in [2.05, 4.69) is 41.2 Å². The first-order valence-corrected chi connectivity index (χ1v) is 9.54. The third kappa shape index (κ3) is 6.57. The lowest BCUT2D eigenvalue weighted by molar-refractivity contribution is -0.00874. The molecule has 2 amide bonds. The minimum atomic E-state index is -0.0522. The van der Waals surface area contributed by atoms with Gasteiger partial charge in [-0.2, -0.15) is 0 Å². The van der Waals surface area contributed by atoms with Gasteiger partial charge in [-0.25, -0.2) is 4.79 Å². The van der Waals surface area contributed by atoms with Crippen molar-refractivity contribution in [3.05, 3.63) is 0 Å². The Bertz CT molecular complexity index is 375. The average Bonchev–Trinajstić information content (AvgIpc) is 2.59. The highest BCUT2D eigenvalue weighted by Gasteiger charge is 2.28. The first-order valence-electron chi connectivity index (χ1n) is 9.54. The van der Waals surface area contributed by atoms with Gasteiger partial charge < -0.3 is 20.3 Å². The minimum Gasteiger partial charge on any atom is -0.379 e. The molecule has 2 N–H and O–H groups in total. The number of carbonyl (C=O) groups is 1. The van der Waals surface area contributed by atoms with Gasteiger partial charge in [-0.05, 0) is 58.7 Å². The fraction of sp³-hybridized carbons (Fsp3) is 0.944. The summed E-state index contributed by atoms with van der Waals surface area (Å²) in [5, 5.41) is 6.00. The van der Waals surface area contributed by atoms with E-state index >= 15 is 0 Å². The zero-order valence-corrected chi connectivity index (χ0v) is 15.8. The van der Waals surface area contributed by atoms with E-state index in [0.717, 1.165) is 51.7 Å². The van der Waals surface area contributed by atoms with E-state index in [-0.39, 0.29) is 11.6 Å². The van der Waals surface area contributed by atoms with Crippen molar-refractivity contribution in [1.29, 1.82) is 0 Å². The van der Waals surface area contributed by atoms with Gasteiger partial charge in [0.25, 0.3) is 0 Å². The van der Waals surface area contributed by atoms with Gasteiger partial charge in [0.05, 0.1) is 13.2 Å². The summed E-state index contributed by atoms with van der Waals surface area (Å²) in [6, 6.07) is -0.0522. The number of urea groups is 1. The van der Waals surface area contributed by atoms with Crippen LogP contribution >= 0.6 is 0 Å². The van der Waals surface area contributed by atoms with E-state index in [1.807, 2.05) is 0 Å². The molecule has 2 aliphatic rings. The molecular formula is C18H36N4O2. The zero-order valence-electron chi connectivity index (χ0n) is 15.8. The highest BCUT2D eigenvalue weighted by Crippen LogP contribution is 2.16. The van der Waals surface area contributed by atoms with Crippen molar-refractivity contribution in [2.75, 3.05) is 59.0 Å². The van der Waals surface area contributed by atoms with Crippen molar-refractivity contribution >= 4 is 6.03 Å². The number of carbonyl (C=O) groups excluding carboxylic acids is 1. The van der Waals surface area contributed by atoms with E-state index in [0.29, 0.717) is 6.54 Å². The molecule has 0 saturated carbocycles. The van der Waals surface area contributed by atoms with Gasteiger partial charge in [-0.3, -0.25) is 4.90 Å². The topological polar surface area (TPSA) is 56.8 Å². The highest BCUT2D eigenvalue weighted by molar-refractivity contribution is 5.73. The summed E-state index contributed by atoms with van der Waals surface area (Å²) in [4.78, 5) is 16.9. The molecule has 2 saturated heterocycles. The highest BCUT2D eigenvalue weighted by atomic mass is 16.5. The number of likely N-dealkylation sites (tertiary alicyclic amines) is 1. The largest absolute Gasteiger partial charge is 0.379 e. The maximum atomic E-state index is 12.0. The Balaban J connectivity index is 1.54. The molecule has 2 heterocycles. The van der Waals surface area contributed by atoms with Gasteiger partial charge in [0.2, 0.25) is 0 Å². The Morgan fingerprint density at radius 3 is 2.46 bits per heavy atom. The molecule has 0 aromatic rings. The zero-order chi connectivity index (χ0) is 17.4. The third-order valence-corrected chi connectivity index (χ3v) is 5.36. The second-order valence-electron chi connectivity index (χ2n) is 7.90. The van der Waals surface area contributed by atoms with Crippen LogP contribution in [0.2, 0.25) is 0 Å². The fourth-order valence-corrected chi connectivity index (χ4v) is 3.43. The molecule has 0 aliphatic carbocycles. The molecule has 0 spiro atoms. The van der Waals surface area contributed by atoms with Crippen LogP contribution < -0.4 is 10.6 Å². The number of piperidine rings is 1. The van der Waals surface area contributed by atoms with Crippen LogP contribution in [-0.4, -0.2) is 80.4 Å². The Morgan fingerprint density at radius 1 is 1.12 bits per heavy atom. The SMILES string of the molecule is CC1CCN(CCCNC(=O)NCC(C)(C)N2CCOCC2)CC1. The molecule has 2 aliphatic heterocycles. The lowest BCUT2D eigenvalue weighted by Gasteiger charge is -2.40. The molecule has 24 heavy (non-hydrogen) atoms. The maximum Gasteiger partial charge on any atom is 0.314 e. The standard InChI is InChI=1S/C18H36N4O2/c1-16-5-9-21(10-6-16)8-4-7-19-17(23)20-15-18(2,3)22-11-13-24-14-12-22/h16H,4-15H2,1-3H3,(H2,19,20,23). The van der Waals surface area contributed by atoms with Gasteiger partial charge in [-0.15, -0.1) is 0 Å². The Hall–Kier alpha value is -0.850. The van der Waals surface area contributed by atoms with E-state index in [1.165, 1.54) is 25.9 Å². The van der Waals surface area contributed by atoms with Crippen molar-refractivity contribution in [3.8, 4) is 0 Å². The molecule has 0 unspecified atom stereocenters. The van der Waals surface area contributed by atoms with E-state index < -0.39 is 0 Å². The molecule has 6 heteroatoms. The minimum absolute atomic E-state index is 0.0361. The van der Waals surface area contributed by atoms with Crippen molar-refractivity contribution in [1.82, 2.24) is 20.4 Å². The Labute approximate surface area is 147 Å². The smallest absolute Gasteiger partial charge is 0.314 e. The predicted octanol–water partition coefficient (Wildman–Crippen LogP) is 1.52. The normalized spacial score (nSPS) is 21.6.